The van der Waals surface area contributed by atoms with E-state index in [1.54, 1.807) is 6.20 Å². The fourth-order valence-corrected chi connectivity index (χ4v) is 1.43. The zero-order chi connectivity index (χ0) is 10.5. The Balaban J connectivity index is 2.09. The first kappa shape index (κ1) is 9.52. The van der Waals surface area contributed by atoms with Gasteiger partial charge in [0.25, 0.3) is 0 Å². The van der Waals surface area contributed by atoms with Crippen LogP contribution in [0.3, 0.4) is 0 Å². The summed E-state index contributed by atoms with van der Waals surface area (Å²) in [6.07, 6.45) is 6.06. The maximum Gasteiger partial charge on any atom is 0.322 e. The number of rotatable bonds is 2. The molecule has 3 heteroatoms. The Morgan fingerprint density at radius 1 is 1.13 bits per heavy atom. The number of nitrogens with one attached hydrogen (secondary N) is 2. The van der Waals surface area contributed by atoms with Gasteiger partial charge < -0.3 is 10.6 Å². The van der Waals surface area contributed by atoms with Crippen molar-refractivity contribution in [2.75, 3.05) is 0 Å². The van der Waals surface area contributed by atoms with E-state index in [-0.39, 0.29) is 6.03 Å². The van der Waals surface area contributed by atoms with Crippen LogP contribution in [0.1, 0.15) is 5.56 Å². The van der Waals surface area contributed by atoms with Gasteiger partial charge in [-0.05, 0) is 17.7 Å². The lowest BCUT2D eigenvalue weighted by molar-refractivity contribution is 0.246. The minimum Gasteiger partial charge on any atom is -0.314 e. The lowest BCUT2D eigenvalue weighted by atomic mass is 10.1. The van der Waals surface area contributed by atoms with Crippen LogP contribution in [0.2, 0.25) is 0 Å². The van der Waals surface area contributed by atoms with Crippen LogP contribution in [0.15, 0.2) is 54.4 Å². The van der Waals surface area contributed by atoms with Crippen molar-refractivity contribution in [3.63, 3.8) is 0 Å². The number of benzene rings is 1. The number of hydrogen-bond acceptors (Lipinski definition) is 1. The lowest BCUT2D eigenvalue weighted by Crippen LogP contribution is -2.30. The molecule has 0 saturated heterocycles. The third-order valence-electron chi connectivity index (χ3n) is 2.12. The molecule has 0 atom stereocenters. The molecule has 1 aromatic rings. The molecule has 0 fully saturated rings. The zero-order valence-corrected chi connectivity index (χ0v) is 8.23. The van der Waals surface area contributed by atoms with Crippen LogP contribution >= 0.6 is 0 Å². The van der Waals surface area contributed by atoms with E-state index in [1.165, 1.54) is 5.56 Å². The summed E-state index contributed by atoms with van der Waals surface area (Å²) >= 11 is 0. The van der Waals surface area contributed by atoms with Crippen LogP contribution in [0.4, 0.5) is 4.79 Å². The van der Waals surface area contributed by atoms with E-state index in [0.717, 1.165) is 12.1 Å². The first-order valence-electron chi connectivity index (χ1n) is 4.82. The molecule has 0 bridgehead atoms. The number of allylic oxidation sites excluding steroid dienone is 3. The van der Waals surface area contributed by atoms with Crippen LogP contribution in [0.25, 0.3) is 0 Å². The minimum absolute atomic E-state index is 0.189. The largest absolute Gasteiger partial charge is 0.322 e. The third kappa shape index (κ3) is 2.71. The second-order valence-corrected chi connectivity index (χ2v) is 3.31. The summed E-state index contributed by atoms with van der Waals surface area (Å²) in [6.45, 7) is 0. The maximum absolute atomic E-state index is 11.2. The second kappa shape index (κ2) is 4.46. The fraction of sp³-hybridized carbons (Fsp3) is 0.0833. The molecule has 2 amide bonds. The Labute approximate surface area is 88.5 Å². The maximum atomic E-state index is 11.2. The van der Waals surface area contributed by atoms with Gasteiger partial charge in [0, 0.05) is 18.3 Å². The molecular weight excluding hydrogens is 188 g/mol. The first-order valence-corrected chi connectivity index (χ1v) is 4.82. The molecule has 2 rings (SSSR count). The molecule has 1 aliphatic heterocycles. The van der Waals surface area contributed by atoms with Crippen molar-refractivity contribution in [3.05, 3.63) is 59.9 Å². The van der Waals surface area contributed by atoms with E-state index in [0.29, 0.717) is 0 Å². The Hall–Kier alpha value is -2.03. The number of carbonyl (C=O) groups excluding carboxylic acids is 1. The Kier molecular flexibility index (Phi) is 2.83. The standard InChI is InChI=1S/C12H12N2O/c15-12-13-8-4-7-11(14-12)9-10-5-2-1-3-6-10/h1-8H,9H2,(H2,13,14,15). The SMILES string of the molecule is O=C1NC=CC=C(Cc2ccccc2)N1. The topological polar surface area (TPSA) is 41.1 Å². The summed E-state index contributed by atoms with van der Waals surface area (Å²) in [5, 5.41) is 5.35. The Morgan fingerprint density at radius 3 is 2.73 bits per heavy atom. The van der Waals surface area contributed by atoms with Crippen molar-refractivity contribution >= 4 is 6.03 Å². The van der Waals surface area contributed by atoms with Gasteiger partial charge in [-0.3, -0.25) is 0 Å². The van der Waals surface area contributed by atoms with Gasteiger partial charge in [0.2, 0.25) is 0 Å². The van der Waals surface area contributed by atoms with Crippen LogP contribution in [-0.4, -0.2) is 6.03 Å². The van der Waals surface area contributed by atoms with Crippen LogP contribution in [0.5, 0.6) is 0 Å². The van der Waals surface area contributed by atoms with Gasteiger partial charge >= 0.3 is 6.03 Å². The highest BCUT2D eigenvalue weighted by molar-refractivity contribution is 5.77. The molecule has 3 nitrogen and oxygen atoms in total. The molecule has 0 saturated carbocycles. The molecule has 76 valence electrons. The molecule has 0 unspecified atom stereocenters. The van der Waals surface area contributed by atoms with Crippen LogP contribution < -0.4 is 10.6 Å². The van der Waals surface area contributed by atoms with Crippen LogP contribution in [-0.2, 0) is 6.42 Å². The molecule has 1 aliphatic rings. The van der Waals surface area contributed by atoms with Crippen molar-refractivity contribution in [1.82, 2.24) is 10.6 Å². The predicted octanol–water partition coefficient (Wildman–Crippen LogP) is 1.94. The predicted molar refractivity (Wildman–Crippen MR) is 59.0 cm³/mol. The molecule has 0 aliphatic carbocycles. The van der Waals surface area contributed by atoms with E-state index < -0.39 is 0 Å². The molecule has 1 heterocycles. The fourth-order valence-electron chi connectivity index (χ4n) is 1.43. The first-order chi connectivity index (χ1) is 7.34. The van der Waals surface area contributed by atoms with Gasteiger partial charge in [-0.2, -0.15) is 0 Å². The van der Waals surface area contributed by atoms with E-state index in [2.05, 4.69) is 10.6 Å². The monoisotopic (exact) mass is 200 g/mol. The van der Waals surface area contributed by atoms with Crippen molar-refractivity contribution in [2.24, 2.45) is 0 Å². The minimum atomic E-state index is -0.189. The van der Waals surface area contributed by atoms with Crippen molar-refractivity contribution in [1.29, 1.82) is 0 Å². The van der Waals surface area contributed by atoms with Crippen molar-refractivity contribution in [3.8, 4) is 0 Å². The van der Waals surface area contributed by atoms with Gasteiger partial charge in [0.05, 0.1) is 0 Å². The Bertz CT molecular complexity index is 407. The highest BCUT2D eigenvalue weighted by Crippen LogP contribution is 2.06. The highest BCUT2D eigenvalue weighted by Gasteiger charge is 2.05. The molecule has 2 N–H and O–H groups in total. The summed E-state index contributed by atoms with van der Waals surface area (Å²) in [7, 11) is 0. The quantitative estimate of drug-likeness (QED) is 0.752. The number of amides is 2. The van der Waals surface area contributed by atoms with Crippen molar-refractivity contribution < 1.29 is 4.79 Å². The molecule has 0 aromatic heterocycles. The van der Waals surface area contributed by atoms with Gasteiger partial charge in [0.15, 0.2) is 0 Å². The zero-order valence-electron chi connectivity index (χ0n) is 8.23. The molecule has 1 aromatic carbocycles. The summed E-state index contributed by atoms with van der Waals surface area (Å²) in [5.74, 6) is 0. The summed E-state index contributed by atoms with van der Waals surface area (Å²) in [4.78, 5) is 11.2. The van der Waals surface area contributed by atoms with E-state index in [1.807, 2.05) is 42.5 Å². The molecule has 0 spiro atoms. The lowest BCUT2D eigenvalue weighted by Gasteiger charge is -2.07. The molecule has 15 heavy (non-hydrogen) atoms. The van der Waals surface area contributed by atoms with Gasteiger partial charge in [0.1, 0.15) is 0 Å². The highest BCUT2D eigenvalue weighted by atomic mass is 16.2. The number of hydrogen-bond donors (Lipinski definition) is 2. The summed E-state index contributed by atoms with van der Waals surface area (Å²) in [5.41, 5.74) is 2.08. The van der Waals surface area contributed by atoms with E-state index in [9.17, 15) is 4.79 Å². The molecular formula is C12H12N2O. The third-order valence-corrected chi connectivity index (χ3v) is 2.12. The molecule has 0 radical (unpaired) electrons. The second-order valence-electron chi connectivity index (χ2n) is 3.31. The smallest absolute Gasteiger partial charge is 0.314 e. The number of urea groups is 1. The van der Waals surface area contributed by atoms with Gasteiger partial charge in [-0.25, -0.2) is 4.79 Å². The van der Waals surface area contributed by atoms with E-state index >= 15 is 0 Å². The van der Waals surface area contributed by atoms with Crippen molar-refractivity contribution in [2.45, 2.75) is 6.42 Å². The number of carbonyl (C=O) groups is 1. The average molecular weight is 200 g/mol. The average Bonchev–Trinajstić information content (AvgIpc) is 2.44. The summed E-state index contributed by atoms with van der Waals surface area (Å²) < 4.78 is 0. The van der Waals surface area contributed by atoms with Gasteiger partial charge in [-0.1, -0.05) is 30.3 Å². The normalized spacial score (nSPS) is 14.9. The van der Waals surface area contributed by atoms with Gasteiger partial charge in [-0.15, -0.1) is 0 Å². The van der Waals surface area contributed by atoms with Crippen LogP contribution in [0, 0.1) is 0 Å². The summed E-state index contributed by atoms with van der Waals surface area (Å²) in [6, 6.07) is 9.84. The Morgan fingerprint density at radius 2 is 1.93 bits per heavy atom. The van der Waals surface area contributed by atoms with E-state index in [4.69, 9.17) is 0 Å².